The Bertz CT molecular complexity index is 201. The summed E-state index contributed by atoms with van der Waals surface area (Å²) in [7, 11) is 0. The van der Waals surface area contributed by atoms with Crippen LogP contribution in [-0.4, -0.2) is 29.7 Å². The van der Waals surface area contributed by atoms with E-state index >= 15 is 0 Å². The average molecular weight is 183 g/mol. The van der Waals surface area contributed by atoms with Gasteiger partial charge in [0.25, 0.3) is 0 Å². The van der Waals surface area contributed by atoms with E-state index in [9.17, 15) is 9.59 Å². The molecule has 1 aliphatic heterocycles. The van der Waals surface area contributed by atoms with Gasteiger partial charge in [-0.25, -0.2) is 0 Å². The second-order valence-electron chi connectivity index (χ2n) is 3.56. The smallest absolute Gasteiger partial charge is 0.222 e. The molecule has 0 N–H and O–H groups in total. The third-order valence-electron chi connectivity index (χ3n) is 2.37. The van der Waals surface area contributed by atoms with Crippen LogP contribution in [0.3, 0.4) is 0 Å². The fourth-order valence-corrected chi connectivity index (χ4v) is 1.53. The second-order valence-corrected chi connectivity index (χ2v) is 3.56. The number of unbranched alkanes of at least 4 members (excludes halogenated alkanes) is 2. The minimum Gasteiger partial charge on any atom is -0.335 e. The number of hydrogen-bond acceptors (Lipinski definition) is 2. The van der Waals surface area contributed by atoms with Gasteiger partial charge in [-0.1, -0.05) is 19.8 Å². The summed E-state index contributed by atoms with van der Waals surface area (Å²) in [5.41, 5.74) is 0. The maximum Gasteiger partial charge on any atom is 0.222 e. The maximum absolute atomic E-state index is 11.4. The van der Waals surface area contributed by atoms with E-state index in [1.54, 1.807) is 4.90 Å². The summed E-state index contributed by atoms with van der Waals surface area (Å²) in [6.07, 6.45) is 4.36. The molecule has 1 fully saturated rings. The van der Waals surface area contributed by atoms with Gasteiger partial charge in [-0.3, -0.25) is 9.59 Å². The SMILES string of the molecule is CCCCCC(=O)N1CCC(=O)C1. The number of hydrogen-bond donors (Lipinski definition) is 0. The van der Waals surface area contributed by atoms with E-state index in [1.807, 2.05) is 0 Å². The van der Waals surface area contributed by atoms with E-state index < -0.39 is 0 Å². The Balaban J connectivity index is 2.20. The van der Waals surface area contributed by atoms with Crippen molar-refractivity contribution in [3.63, 3.8) is 0 Å². The Morgan fingerprint density at radius 2 is 2.23 bits per heavy atom. The fourth-order valence-electron chi connectivity index (χ4n) is 1.53. The van der Waals surface area contributed by atoms with E-state index in [2.05, 4.69) is 6.92 Å². The summed E-state index contributed by atoms with van der Waals surface area (Å²) < 4.78 is 0. The van der Waals surface area contributed by atoms with Gasteiger partial charge in [-0.2, -0.15) is 0 Å². The number of ketones is 1. The van der Waals surface area contributed by atoms with E-state index in [1.165, 1.54) is 0 Å². The van der Waals surface area contributed by atoms with Crippen LogP contribution in [0.2, 0.25) is 0 Å². The Morgan fingerprint density at radius 3 is 2.77 bits per heavy atom. The first-order valence-electron chi connectivity index (χ1n) is 5.03. The van der Waals surface area contributed by atoms with Crippen LogP contribution in [0.1, 0.15) is 39.0 Å². The lowest BCUT2D eigenvalue weighted by atomic mass is 10.2. The summed E-state index contributed by atoms with van der Waals surface area (Å²) in [4.78, 5) is 24.0. The summed E-state index contributed by atoms with van der Waals surface area (Å²) in [5, 5.41) is 0. The van der Waals surface area contributed by atoms with Crippen molar-refractivity contribution in [3.05, 3.63) is 0 Å². The minimum absolute atomic E-state index is 0.152. The predicted molar refractivity (Wildman–Crippen MR) is 50.3 cm³/mol. The van der Waals surface area contributed by atoms with Crippen LogP contribution in [-0.2, 0) is 9.59 Å². The van der Waals surface area contributed by atoms with E-state index in [0.29, 0.717) is 25.9 Å². The molecule has 0 aliphatic carbocycles. The zero-order valence-corrected chi connectivity index (χ0v) is 8.21. The van der Waals surface area contributed by atoms with Crippen LogP contribution in [0.25, 0.3) is 0 Å². The van der Waals surface area contributed by atoms with Gasteiger partial charge in [-0.05, 0) is 6.42 Å². The normalized spacial score (nSPS) is 16.7. The lowest BCUT2D eigenvalue weighted by molar-refractivity contribution is -0.131. The maximum atomic E-state index is 11.4. The number of nitrogens with zero attached hydrogens (tertiary/aromatic N) is 1. The molecule has 0 atom stereocenters. The van der Waals surface area contributed by atoms with Crippen LogP contribution >= 0.6 is 0 Å². The molecule has 0 bridgehead atoms. The second kappa shape index (κ2) is 5.00. The molecule has 0 aromatic heterocycles. The van der Waals surface area contributed by atoms with Gasteiger partial charge in [-0.15, -0.1) is 0 Å². The van der Waals surface area contributed by atoms with Crippen LogP contribution in [0, 0.1) is 0 Å². The van der Waals surface area contributed by atoms with Gasteiger partial charge in [0, 0.05) is 19.4 Å². The van der Waals surface area contributed by atoms with E-state index in [-0.39, 0.29) is 11.7 Å². The molecule has 0 radical (unpaired) electrons. The molecular formula is C10H17NO2. The summed E-state index contributed by atoms with van der Waals surface area (Å²) in [6.45, 7) is 3.11. The van der Waals surface area contributed by atoms with Gasteiger partial charge in [0.15, 0.2) is 5.78 Å². The fraction of sp³-hybridized carbons (Fsp3) is 0.800. The molecule has 1 heterocycles. The summed E-state index contributed by atoms with van der Waals surface area (Å²) >= 11 is 0. The van der Waals surface area contributed by atoms with Crippen molar-refractivity contribution >= 4 is 11.7 Å². The number of likely N-dealkylation sites (tertiary alicyclic amines) is 1. The van der Waals surface area contributed by atoms with Crippen molar-refractivity contribution in [3.8, 4) is 0 Å². The first kappa shape index (κ1) is 10.2. The highest BCUT2D eigenvalue weighted by Crippen LogP contribution is 2.08. The minimum atomic E-state index is 0.152. The molecule has 0 aromatic carbocycles. The van der Waals surface area contributed by atoms with Gasteiger partial charge in [0.05, 0.1) is 6.54 Å². The molecule has 1 saturated heterocycles. The lowest BCUT2D eigenvalue weighted by Crippen LogP contribution is -2.28. The third-order valence-corrected chi connectivity index (χ3v) is 2.37. The Hall–Kier alpha value is -0.860. The molecule has 3 heteroatoms. The van der Waals surface area contributed by atoms with Crippen molar-refractivity contribution in [1.82, 2.24) is 4.90 Å². The van der Waals surface area contributed by atoms with E-state index in [4.69, 9.17) is 0 Å². The van der Waals surface area contributed by atoms with Crippen LogP contribution in [0.15, 0.2) is 0 Å². The first-order chi connectivity index (χ1) is 6.24. The number of amides is 1. The van der Waals surface area contributed by atoms with Crippen molar-refractivity contribution in [2.24, 2.45) is 0 Å². The molecule has 0 unspecified atom stereocenters. The molecule has 1 aliphatic rings. The average Bonchev–Trinajstić information content (AvgIpc) is 2.52. The molecule has 3 nitrogen and oxygen atoms in total. The molecule has 0 spiro atoms. The molecule has 0 saturated carbocycles. The number of carbonyl (C=O) groups is 2. The summed E-state index contributed by atoms with van der Waals surface area (Å²) in [6, 6.07) is 0. The molecule has 74 valence electrons. The highest BCUT2D eigenvalue weighted by molar-refractivity contribution is 5.89. The third kappa shape index (κ3) is 3.17. The molecule has 1 amide bonds. The van der Waals surface area contributed by atoms with Crippen LogP contribution in [0.4, 0.5) is 0 Å². The van der Waals surface area contributed by atoms with Crippen molar-refractivity contribution in [1.29, 1.82) is 0 Å². The number of rotatable bonds is 4. The number of carbonyl (C=O) groups excluding carboxylic acids is 2. The zero-order chi connectivity index (χ0) is 9.68. The summed E-state index contributed by atoms with van der Waals surface area (Å²) in [5.74, 6) is 0.350. The van der Waals surface area contributed by atoms with Gasteiger partial charge >= 0.3 is 0 Å². The van der Waals surface area contributed by atoms with Crippen molar-refractivity contribution in [2.45, 2.75) is 39.0 Å². The molecule has 13 heavy (non-hydrogen) atoms. The van der Waals surface area contributed by atoms with E-state index in [0.717, 1.165) is 19.3 Å². The molecule has 0 aromatic rings. The van der Waals surface area contributed by atoms with Gasteiger partial charge in [0.1, 0.15) is 0 Å². The Kier molecular flexibility index (Phi) is 3.93. The van der Waals surface area contributed by atoms with Crippen molar-refractivity contribution < 1.29 is 9.59 Å². The first-order valence-corrected chi connectivity index (χ1v) is 5.03. The largest absolute Gasteiger partial charge is 0.335 e. The van der Waals surface area contributed by atoms with Crippen LogP contribution < -0.4 is 0 Å². The van der Waals surface area contributed by atoms with Crippen molar-refractivity contribution in [2.75, 3.05) is 13.1 Å². The van der Waals surface area contributed by atoms with Crippen LogP contribution in [0.5, 0.6) is 0 Å². The quantitative estimate of drug-likeness (QED) is 0.617. The van der Waals surface area contributed by atoms with Gasteiger partial charge in [0.2, 0.25) is 5.91 Å². The molecule has 1 rings (SSSR count). The Labute approximate surface area is 79.1 Å². The molecular weight excluding hydrogens is 166 g/mol. The monoisotopic (exact) mass is 183 g/mol. The number of Topliss-reactive ketones (excluding diaryl/α,β-unsaturated/α-hetero) is 1. The highest BCUT2D eigenvalue weighted by Gasteiger charge is 2.22. The highest BCUT2D eigenvalue weighted by atomic mass is 16.2. The van der Waals surface area contributed by atoms with Gasteiger partial charge < -0.3 is 4.90 Å². The standard InChI is InChI=1S/C10H17NO2/c1-2-3-4-5-10(13)11-7-6-9(12)8-11/h2-8H2,1H3. The Morgan fingerprint density at radius 1 is 1.46 bits per heavy atom. The zero-order valence-electron chi connectivity index (χ0n) is 8.21. The topological polar surface area (TPSA) is 37.4 Å². The predicted octanol–water partition coefficient (Wildman–Crippen LogP) is 1.37. The lowest BCUT2D eigenvalue weighted by Gasteiger charge is -2.13.